The fourth-order valence-electron chi connectivity index (χ4n) is 4.62. The van der Waals surface area contributed by atoms with Crippen LogP contribution >= 0.6 is 0 Å². The van der Waals surface area contributed by atoms with E-state index >= 15 is 0 Å². The van der Waals surface area contributed by atoms with E-state index in [1.54, 1.807) is 77.1 Å². The van der Waals surface area contributed by atoms with Gasteiger partial charge in [0.1, 0.15) is 29.8 Å². The van der Waals surface area contributed by atoms with Crippen molar-refractivity contribution in [2.75, 3.05) is 32.8 Å². The van der Waals surface area contributed by atoms with Gasteiger partial charge in [0.2, 0.25) is 0 Å². The molecule has 4 rings (SSSR count). The monoisotopic (exact) mass is 628 g/mol. The highest BCUT2D eigenvalue weighted by molar-refractivity contribution is 5.96. The number of hydrazine groups is 1. The minimum atomic E-state index is -1.01. The lowest BCUT2D eigenvalue weighted by molar-refractivity contribution is -0.139. The maximum atomic E-state index is 14.0. The van der Waals surface area contributed by atoms with E-state index in [1.165, 1.54) is 19.2 Å². The van der Waals surface area contributed by atoms with Gasteiger partial charge in [0.25, 0.3) is 0 Å². The number of halogens is 2. The second-order valence-electron chi connectivity index (χ2n) is 11.8. The Balaban J connectivity index is 1.60. The number of carbonyl (C=O) groups excluding carboxylic acids is 2. The van der Waals surface area contributed by atoms with Crippen molar-refractivity contribution < 1.29 is 46.8 Å². The van der Waals surface area contributed by atoms with Gasteiger partial charge in [-0.3, -0.25) is 5.43 Å². The molecule has 1 amide bonds. The molecular formula is C33H38F2N2O8. The van der Waals surface area contributed by atoms with Crippen LogP contribution in [0.1, 0.15) is 50.5 Å². The highest BCUT2D eigenvalue weighted by atomic mass is 19.2. The molecule has 1 saturated heterocycles. The van der Waals surface area contributed by atoms with Crippen LogP contribution in [0.4, 0.5) is 19.3 Å². The van der Waals surface area contributed by atoms with Crippen molar-refractivity contribution in [3.63, 3.8) is 0 Å². The molecule has 1 aliphatic rings. The summed E-state index contributed by atoms with van der Waals surface area (Å²) in [5.41, 5.74) is 4.19. The summed E-state index contributed by atoms with van der Waals surface area (Å²) in [6, 6.07) is 13.7. The van der Waals surface area contributed by atoms with Gasteiger partial charge in [-0.05, 0) is 64.4 Å². The molecule has 0 aromatic heterocycles. The quantitative estimate of drug-likeness (QED) is 0.194. The third-order valence-corrected chi connectivity index (χ3v) is 6.67. The van der Waals surface area contributed by atoms with E-state index in [9.17, 15) is 18.4 Å². The number of methoxy groups -OCH3 is 2. The van der Waals surface area contributed by atoms with E-state index in [0.717, 1.165) is 12.1 Å². The van der Waals surface area contributed by atoms with Gasteiger partial charge in [0.15, 0.2) is 17.4 Å². The summed E-state index contributed by atoms with van der Waals surface area (Å²) in [5.74, 6) is -2.81. The maximum absolute atomic E-state index is 14.0. The molecule has 0 radical (unpaired) electrons. The molecule has 45 heavy (non-hydrogen) atoms. The molecule has 1 fully saturated rings. The summed E-state index contributed by atoms with van der Waals surface area (Å²) in [5, 5.41) is 1.23. The molecule has 0 spiro atoms. The summed E-state index contributed by atoms with van der Waals surface area (Å²) in [4.78, 5) is 26.1. The minimum absolute atomic E-state index is 0.0146. The fourth-order valence-corrected chi connectivity index (χ4v) is 4.62. The van der Waals surface area contributed by atoms with Crippen molar-refractivity contribution in [3.8, 4) is 22.6 Å². The summed E-state index contributed by atoms with van der Waals surface area (Å²) in [7, 11) is 2.64. The van der Waals surface area contributed by atoms with Crippen molar-refractivity contribution in [3.05, 3.63) is 77.4 Å². The van der Waals surface area contributed by atoms with Gasteiger partial charge in [0, 0.05) is 17.2 Å². The van der Waals surface area contributed by atoms with Crippen LogP contribution in [0.5, 0.6) is 11.5 Å². The van der Waals surface area contributed by atoms with Gasteiger partial charge in [0.05, 0.1) is 38.6 Å². The van der Waals surface area contributed by atoms with E-state index in [0.29, 0.717) is 22.4 Å². The van der Waals surface area contributed by atoms with E-state index in [1.807, 2.05) is 0 Å². The number of nitrogens with one attached hydrogen (secondary N) is 1. The van der Waals surface area contributed by atoms with Gasteiger partial charge in [-0.25, -0.2) is 23.4 Å². The highest BCUT2D eigenvalue weighted by Crippen LogP contribution is 2.34. The molecule has 1 heterocycles. The molecule has 10 nitrogen and oxygen atoms in total. The van der Waals surface area contributed by atoms with E-state index in [-0.39, 0.29) is 36.8 Å². The standard InChI is InChI=1S/C33H38F2N2O8/c1-32(2,3)45-31(39)37(17-23-19-43-33(4,5)44-23)36-29-21(9-8-10-24(29)30(38)41-7)18-42-22-13-11-20(12-14-22)25-15-26(34)27(35)16-28(25)40-6/h8-16,23,36H,17-19H2,1-7H3. The van der Waals surface area contributed by atoms with Crippen molar-refractivity contribution in [2.24, 2.45) is 0 Å². The number of para-hydroxylation sites is 1. The number of amides is 1. The van der Waals surface area contributed by atoms with Crippen LogP contribution in [0.2, 0.25) is 0 Å². The van der Waals surface area contributed by atoms with Gasteiger partial charge >= 0.3 is 12.1 Å². The van der Waals surface area contributed by atoms with Crippen molar-refractivity contribution in [1.82, 2.24) is 5.01 Å². The molecule has 3 aromatic rings. The molecule has 0 saturated carbocycles. The Kier molecular flexibility index (Phi) is 10.2. The molecule has 3 aromatic carbocycles. The second kappa shape index (κ2) is 13.7. The largest absolute Gasteiger partial charge is 0.496 e. The van der Waals surface area contributed by atoms with Crippen molar-refractivity contribution in [1.29, 1.82) is 0 Å². The Hall–Kier alpha value is -4.42. The van der Waals surface area contributed by atoms with E-state index in [2.05, 4.69) is 5.43 Å². The van der Waals surface area contributed by atoms with Gasteiger partial charge in [-0.1, -0.05) is 24.3 Å². The molecule has 1 N–H and O–H groups in total. The molecule has 1 atom stereocenters. The van der Waals surface area contributed by atoms with Crippen LogP contribution in [0, 0.1) is 11.6 Å². The second-order valence-corrected chi connectivity index (χ2v) is 11.8. The third kappa shape index (κ3) is 8.61. The first-order valence-electron chi connectivity index (χ1n) is 14.2. The molecular weight excluding hydrogens is 590 g/mol. The molecule has 242 valence electrons. The number of rotatable bonds is 10. The first-order valence-corrected chi connectivity index (χ1v) is 14.2. The highest BCUT2D eigenvalue weighted by Gasteiger charge is 2.36. The Morgan fingerprint density at radius 2 is 1.73 bits per heavy atom. The SMILES string of the molecule is COC(=O)c1cccc(COc2ccc(-c3cc(F)c(F)cc3OC)cc2)c1NN(CC1COC(C)(C)O1)C(=O)OC(C)(C)C. The van der Waals surface area contributed by atoms with E-state index < -0.39 is 41.2 Å². The average Bonchev–Trinajstić information content (AvgIpc) is 3.33. The van der Waals surface area contributed by atoms with Crippen molar-refractivity contribution >= 4 is 17.7 Å². The Labute approximate surface area is 261 Å². The summed E-state index contributed by atoms with van der Waals surface area (Å²) in [6.07, 6.45) is -1.16. The van der Waals surface area contributed by atoms with Gasteiger partial charge in [-0.2, -0.15) is 0 Å². The molecule has 1 aliphatic heterocycles. The number of benzene rings is 3. The number of hydrogen-bond donors (Lipinski definition) is 1. The van der Waals surface area contributed by atoms with Crippen LogP contribution < -0.4 is 14.9 Å². The minimum Gasteiger partial charge on any atom is -0.496 e. The Bertz CT molecular complexity index is 1520. The number of ether oxygens (including phenoxy) is 6. The first kappa shape index (κ1) is 33.5. The van der Waals surface area contributed by atoms with Crippen LogP contribution in [0.3, 0.4) is 0 Å². The lowest BCUT2D eigenvalue weighted by Crippen LogP contribution is -2.45. The van der Waals surface area contributed by atoms with Crippen LogP contribution in [-0.2, 0) is 25.6 Å². The number of nitrogens with zero attached hydrogens (tertiary/aromatic N) is 1. The number of esters is 1. The lowest BCUT2D eigenvalue weighted by Gasteiger charge is -2.31. The van der Waals surface area contributed by atoms with Crippen LogP contribution in [0.25, 0.3) is 11.1 Å². The summed E-state index contributed by atoms with van der Waals surface area (Å²) >= 11 is 0. The summed E-state index contributed by atoms with van der Waals surface area (Å²) in [6.45, 7) is 9.07. The van der Waals surface area contributed by atoms with Crippen LogP contribution in [-0.4, -0.2) is 61.9 Å². The molecule has 0 bridgehead atoms. The third-order valence-electron chi connectivity index (χ3n) is 6.67. The maximum Gasteiger partial charge on any atom is 0.429 e. The van der Waals surface area contributed by atoms with Crippen LogP contribution in [0.15, 0.2) is 54.6 Å². The fraction of sp³-hybridized carbons (Fsp3) is 0.394. The predicted octanol–water partition coefficient (Wildman–Crippen LogP) is 6.72. The smallest absolute Gasteiger partial charge is 0.429 e. The zero-order valence-electron chi connectivity index (χ0n) is 26.4. The van der Waals surface area contributed by atoms with Gasteiger partial charge < -0.3 is 28.4 Å². The topological polar surface area (TPSA) is 105 Å². The normalized spacial score (nSPS) is 15.7. The lowest BCUT2D eigenvalue weighted by atomic mass is 10.0. The zero-order chi connectivity index (χ0) is 32.9. The Morgan fingerprint density at radius 3 is 2.33 bits per heavy atom. The Morgan fingerprint density at radius 1 is 1.04 bits per heavy atom. The predicted molar refractivity (Wildman–Crippen MR) is 162 cm³/mol. The van der Waals surface area contributed by atoms with Crippen molar-refractivity contribution in [2.45, 2.75) is 58.7 Å². The number of anilines is 1. The van der Waals surface area contributed by atoms with E-state index in [4.69, 9.17) is 28.4 Å². The molecule has 12 heteroatoms. The number of carbonyl (C=O) groups is 2. The summed E-state index contributed by atoms with van der Waals surface area (Å²) < 4.78 is 61.1. The number of hydrogen-bond acceptors (Lipinski definition) is 9. The average molecular weight is 629 g/mol. The zero-order valence-corrected chi connectivity index (χ0v) is 26.4. The molecule has 1 unspecified atom stereocenters. The molecule has 0 aliphatic carbocycles. The first-order chi connectivity index (χ1) is 21.2. The van der Waals surface area contributed by atoms with Gasteiger partial charge in [-0.15, -0.1) is 0 Å².